The average Bonchev–Trinajstić information content (AvgIpc) is 2.78. The highest BCUT2D eigenvalue weighted by Crippen LogP contribution is 2.28. The Morgan fingerprint density at radius 3 is 2.70 bits per heavy atom. The van der Waals surface area contributed by atoms with Crippen LogP contribution in [0.25, 0.3) is 10.8 Å². The van der Waals surface area contributed by atoms with Crippen molar-refractivity contribution in [2.45, 2.75) is 25.9 Å². The van der Waals surface area contributed by atoms with Crippen LogP contribution in [-0.2, 0) is 4.79 Å². The molecule has 0 spiro atoms. The zero-order chi connectivity index (χ0) is 14.1. The molecule has 20 heavy (non-hydrogen) atoms. The lowest BCUT2D eigenvalue weighted by Crippen LogP contribution is -2.40. The number of fused-ring (bicyclic) bond motifs is 1. The van der Waals surface area contributed by atoms with Crippen molar-refractivity contribution in [3.05, 3.63) is 48.0 Å². The number of nitrogens with zero attached hydrogens (tertiary/aromatic N) is 1. The minimum absolute atomic E-state index is 0.0792. The lowest BCUT2D eigenvalue weighted by atomic mass is 9.99. The SMILES string of the molecule is CC(C)NC1=NC(c2cccc3ccccc23)C(=O)N1. The second kappa shape index (κ2) is 4.96. The van der Waals surface area contributed by atoms with Crippen LogP contribution in [0.15, 0.2) is 47.5 Å². The van der Waals surface area contributed by atoms with E-state index in [4.69, 9.17) is 0 Å². The molecule has 1 aliphatic heterocycles. The summed E-state index contributed by atoms with van der Waals surface area (Å²) in [4.78, 5) is 16.6. The highest BCUT2D eigenvalue weighted by Gasteiger charge is 2.29. The Bertz CT molecular complexity index is 686. The van der Waals surface area contributed by atoms with Gasteiger partial charge in [-0.3, -0.25) is 10.1 Å². The second-order valence-electron chi connectivity index (χ2n) is 5.24. The molecule has 2 aromatic carbocycles. The van der Waals surface area contributed by atoms with E-state index in [0.29, 0.717) is 5.96 Å². The summed E-state index contributed by atoms with van der Waals surface area (Å²) in [5.41, 5.74) is 0.946. The first-order chi connectivity index (χ1) is 9.65. The number of guanidine groups is 1. The van der Waals surface area contributed by atoms with Crippen LogP contribution < -0.4 is 10.6 Å². The van der Waals surface area contributed by atoms with Crippen LogP contribution in [0, 0.1) is 0 Å². The minimum Gasteiger partial charge on any atom is -0.354 e. The van der Waals surface area contributed by atoms with Crippen molar-refractivity contribution in [2.24, 2.45) is 4.99 Å². The molecule has 1 atom stereocenters. The fourth-order valence-corrected chi connectivity index (χ4v) is 2.45. The van der Waals surface area contributed by atoms with E-state index in [9.17, 15) is 4.79 Å². The predicted molar refractivity (Wildman–Crippen MR) is 80.5 cm³/mol. The van der Waals surface area contributed by atoms with Crippen molar-refractivity contribution in [3.63, 3.8) is 0 Å². The normalized spacial score (nSPS) is 18.2. The van der Waals surface area contributed by atoms with Gasteiger partial charge in [0.1, 0.15) is 0 Å². The molecular formula is C16H17N3O. The molecule has 0 radical (unpaired) electrons. The summed E-state index contributed by atoms with van der Waals surface area (Å²) in [5, 5.41) is 8.13. The van der Waals surface area contributed by atoms with Gasteiger partial charge in [0.25, 0.3) is 5.91 Å². The minimum atomic E-state index is -0.470. The summed E-state index contributed by atoms with van der Waals surface area (Å²) in [6, 6.07) is 13.8. The van der Waals surface area contributed by atoms with E-state index in [-0.39, 0.29) is 11.9 Å². The Labute approximate surface area is 117 Å². The third kappa shape index (κ3) is 2.25. The lowest BCUT2D eigenvalue weighted by Gasteiger charge is -2.08. The van der Waals surface area contributed by atoms with E-state index in [2.05, 4.69) is 15.6 Å². The number of nitrogens with one attached hydrogen (secondary N) is 2. The summed E-state index contributed by atoms with van der Waals surface area (Å²) in [5.74, 6) is 0.479. The summed E-state index contributed by atoms with van der Waals surface area (Å²) in [7, 11) is 0. The van der Waals surface area contributed by atoms with Crippen LogP contribution in [0.1, 0.15) is 25.5 Å². The van der Waals surface area contributed by atoms with Crippen molar-refractivity contribution in [3.8, 4) is 0 Å². The van der Waals surface area contributed by atoms with Crippen LogP contribution in [0.2, 0.25) is 0 Å². The monoisotopic (exact) mass is 267 g/mol. The molecule has 0 aromatic heterocycles. The molecule has 1 unspecified atom stereocenters. The molecule has 0 saturated carbocycles. The van der Waals surface area contributed by atoms with Crippen molar-refractivity contribution in [1.29, 1.82) is 0 Å². The van der Waals surface area contributed by atoms with Crippen LogP contribution in [0.5, 0.6) is 0 Å². The van der Waals surface area contributed by atoms with Crippen LogP contribution >= 0.6 is 0 Å². The summed E-state index contributed by atoms with van der Waals surface area (Å²) >= 11 is 0. The van der Waals surface area contributed by atoms with Crippen LogP contribution in [-0.4, -0.2) is 17.9 Å². The van der Waals surface area contributed by atoms with Gasteiger partial charge in [-0.15, -0.1) is 0 Å². The first-order valence-corrected chi connectivity index (χ1v) is 6.78. The lowest BCUT2D eigenvalue weighted by molar-refractivity contribution is -0.120. The van der Waals surface area contributed by atoms with Gasteiger partial charge in [-0.25, -0.2) is 4.99 Å². The number of aliphatic imine (C=N–C) groups is 1. The highest BCUT2D eigenvalue weighted by molar-refractivity contribution is 6.06. The molecule has 0 aliphatic carbocycles. The number of hydrogen-bond donors (Lipinski definition) is 2. The number of rotatable bonds is 2. The standard InChI is InChI=1S/C16H17N3O/c1-10(2)17-16-18-14(15(20)19-16)13-9-5-7-11-6-3-4-8-12(11)13/h3-10,14H,1-2H3,(H2,17,18,19,20). The van der Waals surface area contributed by atoms with E-state index < -0.39 is 6.04 Å². The molecule has 2 aromatic rings. The maximum atomic E-state index is 12.1. The molecule has 1 aliphatic rings. The van der Waals surface area contributed by atoms with Crippen LogP contribution in [0.4, 0.5) is 0 Å². The average molecular weight is 267 g/mol. The van der Waals surface area contributed by atoms with Gasteiger partial charge in [-0.2, -0.15) is 0 Å². The maximum absolute atomic E-state index is 12.1. The Balaban J connectivity index is 2.03. The summed E-state index contributed by atoms with van der Waals surface area (Å²) in [6.45, 7) is 4.03. The Morgan fingerprint density at radius 1 is 1.15 bits per heavy atom. The molecule has 1 amide bonds. The van der Waals surface area contributed by atoms with Gasteiger partial charge in [-0.1, -0.05) is 42.5 Å². The van der Waals surface area contributed by atoms with E-state index in [0.717, 1.165) is 16.3 Å². The van der Waals surface area contributed by atoms with Gasteiger partial charge >= 0.3 is 0 Å². The molecule has 4 heteroatoms. The molecular weight excluding hydrogens is 250 g/mol. The molecule has 0 bridgehead atoms. The molecule has 2 N–H and O–H groups in total. The second-order valence-corrected chi connectivity index (χ2v) is 5.24. The fourth-order valence-electron chi connectivity index (χ4n) is 2.45. The number of amides is 1. The van der Waals surface area contributed by atoms with E-state index in [1.54, 1.807) is 0 Å². The zero-order valence-electron chi connectivity index (χ0n) is 11.6. The quantitative estimate of drug-likeness (QED) is 0.877. The van der Waals surface area contributed by atoms with Crippen molar-refractivity contribution in [1.82, 2.24) is 10.6 Å². The van der Waals surface area contributed by atoms with Crippen molar-refractivity contribution < 1.29 is 4.79 Å². The number of hydrogen-bond acceptors (Lipinski definition) is 3. The molecule has 0 fully saturated rings. The Kier molecular flexibility index (Phi) is 3.14. The third-order valence-electron chi connectivity index (χ3n) is 3.29. The summed E-state index contributed by atoms with van der Waals surface area (Å²) in [6.07, 6.45) is 0. The third-order valence-corrected chi connectivity index (χ3v) is 3.29. The molecule has 4 nitrogen and oxygen atoms in total. The maximum Gasteiger partial charge on any atom is 0.256 e. The van der Waals surface area contributed by atoms with Crippen LogP contribution in [0.3, 0.4) is 0 Å². The topological polar surface area (TPSA) is 53.5 Å². The summed E-state index contributed by atoms with van der Waals surface area (Å²) < 4.78 is 0. The van der Waals surface area contributed by atoms with Gasteiger partial charge in [0.15, 0.2) is 12.0 Å². The number of carbonyl (C=O) groups excluding carboxylic acids is 1. The van der Waals surface area contributed by atoms with Gasteiger partial charge in [0.2, 0.25) is 0 Å². The highest BCUT2D eigenvalue weighted by atomic mass is 16.2. The molecule has 1 heterocycles. The first kappa shape index (κ1) is 12.7. The van der Waals surface area contributed by atoms with Crippen molar-refractivity contribution >= 4 is 22.6 Å². The van der Waals surface area contributed by atoms with Gasteiger partial charge in [-0.05, 0) is 30.2 Å². The van der Waals surface area contributed by atoms with Gasteiger partial charge < -0.3 is 5.32 Å². The van der Waals surface area contributed by atoms with Gasteiger partial charge in [0, 0.05) is 6.04 Å². The molecule has 102 valence electrons. The van der Waals surface area contributed by atoms with E-state index >= 15 is 0 Å². The van der Waals surface area contributed by atoms with Crippen molar-refractivity contribution in [2.75, 3.05) is 0 Å². The largest absolute Gasteiger partial charge is 0.354 e. The van der Waals surface area contributed by atoms with E-state index in [1.807, 2.05) is 56.3 Å². The first-order valence-electron chi connectivity index (χ1n) is 6.78. The predicted octanol–water partition coefficient (Wildman–Crippen LogP) is 2.36. The van der Waals surface area contributed by atoms with Gasteiger partial charge in [0.05, 0.1) is 0 Å². The fraction of sp³-hybridized carbons (Fsp3) is 0.250. The van der Waals surface area contributed by atoms with E-state index in [1.165, 1.54) is 0 Å². The number of carbonyl (C=O) groups is 1. The smallest absolute Gasteiger partial charge is 0.256 e. The number of benzene rings is 2. The Morgan fingerprint density at radius 2 is 1.90 bits per heavy atom. The molecule has 3 rings (SSSR count). The zero-order valence-corrected chi connectivity index (χ0v) is 11.6. The molecule has 0 saturated heterocycles. The Hall–Kier alpha value is -2.36.